The van der Waals surface area contributed by atoms with Crippen molar-refractivity contribution in [1.29, 1.82) is 0 Å². The van der Waals surface area contributed by atoms with Gasteiger partial charge in [0.05, 0.1) is 13.2 Å². The molecule has 1 amide bonds. The molecule has 5 nitrogen and oxygen atoms in total. The van der Waals surface area contributed by atoms with Gasteiger partial charge in [-0.05, 0) is 44.5 Å². The Morgan fingerprint density at radius 3 is 2.81 bits per heavy atom. The van der Waals surface area contributed by atoms with Gasteiger partial charge in [-0.2, -0.15) is 0 Å². The normalized spacial score (nSPS) is 17.9. The highest BCUT2D eigenvalue weighted by Crippen LogP contribution is 2.40. The average Bonchev–Trinajstić information content (AvgIpc) is 3.04. The van der Waals surface area contributed by atoms with Gasteiger partial charge in [-0.1, -0.05) is 24.3 Å². The van der Waals surface area contributed by atoms with E-state index in [1.54, 1.807) is 13.2 Å². The number of ether oxygens (including phenoxy) is 2. The number of carbonyl (C=O) groups is 1. The van der Waals surface area contributed by atoms with Crippen molar-refractivity contribution in [3.63, 3.8) is 0 Å². The summed E-state index contributed by atoms with van der Waals surface area (Å²) in [5.74, 6) is 1.46. The van der Waals surface area contributed by atoms with Crippen molar-refractivity contribution < 1.29 is 18.7 Å². The van der Waals surface area contributed by atoms with E-state index in [2.05, 4.69) is 5.32 Å². The van der Waals surface area contributed by atoms with Crippen molar-refractivity contribution in [2.75, 3.05) is 7.11 Å². The summed E-state index contributed by atoms with van der Waals surface area (Å²) in [7, 11) is 1.58. The third-order valence-corrected chi connectivity index (χ3v) is 4.88. The smallest absolute Gasteiger partial charge is 0.287 e. The SMILES string of the molecule is COc1cccc2cc(C(=O)N[C@@H]3CC(C)(C)Oc4cc(C)ccc43)oc12. The number of carbonyl (C=O) groups excluding carboxylic acids is 1. The van der Waals surface area contributed by atoms with Crippen LogP contribution in [0.15, 0.2) is 46.9 Å². The summed E-state index contributed by atoms with van der Waals surface area (Å²) in [6.07, 6.45) is 0.679. The Balaban J connectivity index is 1.65. The van der Waals surface area contributed by atoms with E-state index < -0.39 is 0 Å². The molecule has 0 saturated heterocycles. The van der Waals surface area contributed by atoms with Crippen LogP contribution in [0.2, 0.25) is 0 Å². The van der Waals surface area contributed by atoms with Gasteiger partial charge in [-0.3, -0.25) is 4.79 Å². The van der Waals surface area contributed by atoms with Gasteiger partial charge in [-0.15, -0.1) is 0 Å². The predicted molar refractivity (Wildman–Crippen MR) is 103 cm³/mol. The van der Waals surface area contributed by atoms with Gasteiger partial charge in [0.25, 0.3) is 5.91 Å². The van der Waals surface area contributed by atoms with E-state index >= 15 is 0 Å². The first kappa shape index (κ1) is 17.5. The van der Waals surface area contributed by atoms with Gasteiger partial charge in [-0.25, -0.2) is 0 Å². The van der Waals surface area contributed by atoms with Gasteiger partial charge < -0.3 is 19.2 Å². The lowest BCUT2D eigenvalue weighted by Gasteiger charge is -2.38. The number of nitrogens with one attached hydrogen (secondary N) is 1. The third-order valence-electron chi connectivity index (χ3n) is 4.88. The van der Waals surface area contributed by atoms with Crippen molar-refractivity contribution >= 4 is 16.9 Å². The van der Waals surface area contributed by atoms with Crippen LogP contribution in [0.5, 0.6) is 11.5 Å². The first-order chi connectivity index (χ1) is 12.9. The number of aryl methyl sites for hydroxylation is 1. The van der Waals surface area contributed by atoms with E-state index in [0.29, 0.717) is 17.8 Å². The fourth-order valence-electron chi connectivity index (χ4n) is 3.63. The standard InChI is InChI=1S/C22H23NO4/c1-13-8-9-15-16(12-22(2,3)27-18(15)10-13)23-21(24)19-11-14-6-5-7-17(25-4)20(14)26-19/h5-11,16H,12H2,1-4H3,(H,23,24)/t16-/m1/s1. The Kier molecular flexibility index (Phi) is 4.10. The molecule has 1 aliphatic heterocycles. The Labute approximate surface area is 158 Å². The summed E-state index contributed by atoms with van der Waals surface area (Å²) < 4.78 is 17.2. The minimum atomic E-state index is -0.365. The molecule has 0 unspecified atom stereocenters. The molecule has 0 bridgehead atoms. The summed E-state index contributed by atoms with van der Waals surface area (Å²) in [6, 6.07) is 13.2. The fourth-order valence-corrected chi connectivity index (χ4v) is 3.63. The van der Waals surface area contributed by atoms with Crippen molar-refractivity contribution in [1.82, 2.24) is 5.32 Å². The molecule has 0 aliphatic carbocycles. The summed E-state index contributed by atoms with van der Waals surface area (Å²) in [4.78, 5) is 12.9. The maximum Gasteiger partial charge on any atom is 0.287 e. The zero-order valence-electron chi connectivity index (χ0n) is 16.0. The average molecular weight is 365 g/mol. The van der Waals surface area contributed by atoms with E-state index in [0.717, 1.165) is 22.3 Å². The lowest BCUT2D eigenvalue weighted by atomic mass is 9.89. The van der Waals surface area contributed by atoms with Crippen LogP contribution in [0, 0.1) is 6.92 Å². The third kappa shape index (κ3) is 3.25. The Morgan fingerprint density at radius 2 is 2.04 bits per heavy atom. The summed E-state index contributed by atoms with van der Waals surface area (Å²) >= 11 is 0. The van der Waals surface area contributed by atoms with Gasteiger partial charge in [0.15, 0.2) is 17.1 Å². The van der Waals surface area contributed by atoms with Gasteiger partial charge >= 0.3 is 0 Å². The largest absolute Gasteiger partial charge is 0.493 e. The molecule has 3 aromatic rings. The van der Waals surface area contributed by atoms with Gasteiger partial charge in [0.1, 0.15) is 11.4 Å². The topological polar surface area (TPSA) is 60.7 Å². The number of rotatable bonds is 3. The molecule has 27 heavy (non-hydrogen) atoms. The summed E-state index contributed by atoms with van der Waals surface area (Å²) in [6.45, 7) is 6.09. The highest BCUT2D eigenvalue weighted by Gasteiger charge is 2.35. The van der Waals surface area contributed by atoms with Crippen LogP contribution in [0.1, 0.15) is 48.0 Å². The minimum Gasteiger partial charge on any atom is -0.493 e. The molecule has 1 atom stereocenters. The van der Waals surface area contributed by atoms with Crippen LogP contribution >= 0.6 is 0 Å². The van der Waals surface area contributed by atoms with Crippen LogP contribution in [0.4, 0.5) is 0 Å². The number of hydrogen-bond donors (Lipinski definition) is 1. The predicted octanol–water partition coefficient (Wildman–Crippen LogP) is 4.78. The van der Waals surface area contributed by atoms with Crippen LogP contribution < -0.4 is 14.8 Å². The molecule has 0 radical (unpaired) electrons. The maximum atomic E-state index is 12.9. The molecule has 2 aromatic carbocycles. The molecule has 1 aromatic heterocycles. The van der Waals surface area contributed by atoms with E-state index in [9.17, 15) is 4.79 Å². The molecule has 1 N–H and O–H groups in total. The number of furan rings is 1. The summed E-state index contributed by atoms with van der Waals surface area (Å²) in [5, 5.41) is 3.95. The first-order valence-electron chi connectivity index (χ1n) is 9.03. The van der Waals surface area contributed by atoms with Crippen molar-refractivity contribution in [3.8, 4) is 11.5 Å². The molecule has 0 saturated carbocycles. The molecule has 140 valence electrons. The van der Waals surface area contributed by atoms with E-state index in [-0.39, 0.29) is 23.3 Å². The maximum absolute atomic E-state index is 12.9. The van der Waals surface area contributed by atoms with Crippen LogP contribution in [-0.2, 0) is 0 Å². The number of benzene rings is 2. The lowest BCUT2D eigenvalue weighted by molar-refractivity contribution is 0.0611. The van der Waals surface area contributed by atoms with Gasteiger partial charge in [0.2, 0.25) is 0 Å². The molecule has 0 spiro atoms. The Hall–Kier alpha value is -2.95. The number of para-hydroxylation sites is 1. The minimum absolute atomic E-state index is 0.146. The number of methoxy groups -OCH3 is 1. The lowest BCUT2D eigenvalue weighted by Crippen LogP contribution is -2.41. The van der Waals surface area contributed by atoms with Crippen LogP contribution in [0.25, 0.3) is 11.0 Å². The highest BCUT2D eigenvalue weighted by molar-refractivity contribution is 5.97. The van der Waals surface area contributed by atoms with Crippen molar-refractivity contribution in [2.24, 2.45) is 0 Å². The molecule has 2 heterocycles. The van der Waals surface area contributed by atoms with E-state index in [1.165, 1.54) is 0 Å². The second kappa shape index (κ2) is 6.34. The number of fused-ring (bicyclic) bond motifs is 2. The molecule has 1 aliphatic rings. The van der Waals surface area contributed by atoms with Gasteiger partial charge in [0, 0.05) is 17.4 Å². The number of amides is 1. The highest BCUT2D eigenvalue weighted by atomic mass is 16.5. The fraction of sp³-hybridized carbons (Fsp3) is 0.318. The zero-order valence-corrected chi connectivity index (χ0v) is 16.0. The van der Waals surface area contributed by atoms with Crippen LogP contribution in [0.3, 0.4) is 0 Å². The Morgan fingerprint density at radius 1 is 1.22 bits per heavy atom. The summed E-state index contributed by atoms with van der Waals surface area (Å²) in [5.41, 5.74) is 2.33. The van der Waals surface area contributed by atoms with E-state index in [4.69, 9.17) is 13.9 Å². The molecular formula is C22H23NO4. The molecular weight excluding hydrogens is 342 g/mol. The quantitative estimate of drug-likeness (QED) is 0.725. The number of hydrogen-bond acceptors (Lipinski definition) is 4. The van der Waals surface area contributed by atoms with Crippen molar-refractivity contribution in [3.05, 3.63) is 59.4 Å². The second-order valence-electron chi connectivity index (χ2n) is 7.62. The molecule has 5 heteroatoms. The Bertz CT molecular complexity index is 1020. The second-order valence-corrected chi connectivity index (χ2v) is 7.62. The zero-order chi connectivity index (χ0) is 19.2. The molecule has 0 fully saturated rings. The van der Waals surface area contributed by atoms with Crippen LogP contribution in [-0.4, -0.2) is 18.6 Å². The molecule has 4 rings (SSSR count). The van der Waals surface area contributed by atoms with Crippen molar-refractivity contribution in [2.45, 2.75) is 38.8 Å². The monoisotopic (exact) mass is 365 g/mol. The van der Waals surface area contributed by atoms with E-state index in [1.807, 2.05) is 57.2 Å². The first-order valence-corrected chi connectivity index (χ1v) is 9.03.